The summed E-state index contributed by atoms with van der Waals surface area (Å²) in [5.74, 6) is 0. The maximum absolute atomic E-state index is 12.6. The molecule has 108 valence electrons. The van der Waals surface area contributed by atoms with E-state index in [1.165, 1.54) is 4.31 Å². The van der Waals surface area contributed by atoms with Crippen LogP contribution in [0.4, 0.5) is 5.69 Å². The molecule has 0 spiro atoms. The van der Waals surface area contributed by atoms with E-state index in [1.54, 1.807) is 43.5 Å². The Bertz CT molecular complexity index is 721. The molecule has 6 heteroatoms. The van der Waals surface area contributed by atoms with Crippen molar-refractivity contribution in [1.82, 2.24) is 4.31 Å². The highest BCUT2D eigenvalue weighted by Gasteiger charge is 2.23. The zero-order valence-electron chi connectivity index (χ0n) is 11.8. The quantitative estimate of drug-likeness (QED) is 0.883. The Hall–Kier alpha value is -1.37. The van der Waals surface area contributed by atoms with Crippen molar-refractivity contribution in [2.24, 2.45) is 0 Å². The Balaban J connectivity index is 2.32. The van der Waals surface area contributed by atoms with Gasteiger partial charge < -0.3 is 5.73 Å². The van der Waals surface area contributed by atoms with Crippen LogP contribution in [0.1, 0.15) is 16.0 Å². The van der Waals surface area contributed by atoms with Gasteiger partial charge in [0.15, 0.2) is 0 Å². The second-order valence-electron chi connectivity index (χ2n) is 4.81. The first-order chi connectivity index (χ1) is 9.32. The standard InChI is InChI=1S/C14H18N2O2S2/c1-10-6-7-19-13(10)9-16(3)20(17,18)14-5-4-12(15)8-11(14)2/h4-8H,9,15H2,1-3H3. The van der Waals surface area contributed by atoms with Crippen molar-refractivity contribution in [3.05, 3.63) is 45.6 Å². The third-order valence-electron chi connectivity index (χ3n) is 3.22. The molecule has 0 atom stereocenters. The molecular weight excluding hydrogens is 292 g/mol. The minimum Gasteiger partial charge on any atom is -0.399 e. The summed E-state index contributed by atoms with van der Waals surface area (Å²) in [7, 11) is -1.89. The number of benzene rings is 1. The summed E-state index contributed by atoms with van der Waals surface area (Å²) in [6, 6.07) is 6.86. The Labute approximate surface area is 123 Å². The SMILES string of the molecule is Cc1cc(N)ccc1S(=O)(=O)N(C)Cc1sccc1C. The van der Waals surface area contributed by atoms with Crippen LogP contribution in [0.2, 0.25) is 0 Å². The fourth-order valence-corrected chi connectivity index (χ4v) is 4.36. The number of anilines is 1. The molecular formula is C14H18N2O2S2. The van der Waals surface area contributed by atoms with Crippen molar-refractivity contribution in [3.8, 4) is 0 Å². The highest BCUT2D eigenvalue weighted by atomic mass is 32.2. The first-order valence-electron chi connectivity index (χ1n) is 6.18. The lowest BCUT2D eigenvalue weighted by Gasteiger charge is -2.18. The molecule has 0 amide bonds. The molecule has 20 heavy (non-hydrogen) atoms. The first kappa shape index (κ1) is 15.0. The lowest BCUT2D eigenvalue weighted by atomic mass is 10.2. The first-order valence-corrected chi connectivity index (χ1v) is 8.50. The molecule has 0 aliphatic heterocycles. The zero-order valence-corrected chi connectivity index (χ0v) is 13.4. The molecule has 4 nitrogen and oxygen atoms in total. The van der Waals surface area contributed by atoms with Gasteiger partial charge in [0.25, 0.3) is 0 Å². The number of thiophene rings is 1. The minimum absolute atomic E-state index is 0.309. The van der Waals surface area contributed by atoms with E-state index in [-0.39, 0.29) is 0 Å². The van der Waals surface area contributed by atoms with Gasteiger partial charge >= 0.3 is 0 Å². The molecule has 1 heterocycles. The summed E-state index contributed by atoms with van der Waals surface area (Å²) in [5.41, 5.74) is 8.02. The van der Waals surface area contributed by atoms with Crippen molar-refractivity contribution in [2.75, 3.05) is 12.8 Å². The van der Waals surface area contributed by atoms with Gasteiger partial charge in [-0.2, -0.15) is 4.31 Å². The predicted molar refractivity (Wildman–Crippen MR) is 83.3 cm³/mol. The molecule has 0 saturated carbocycles. The molecule has 0 saturated heterocycles. The van der Waals surface area contributed by atoms with Crippen LogP contribution in [0, 0.1) is 13.8 Å². The Morgan fingerprint density at radius 1 is 1.20 bits per heavy atom. The van der Waals surface area contributed by atoms with E-state index in [9.17, 15) is 8.42 Å². The second-order valence-corrected chi connectivity index (χ2v) is 7.83. The fraction of sp³-hybridized carbons (Fsp3) is 0.286. The molecule has 0 bridgehead atoms. The van der Waals surface area contributed by atoms with Crippen LogP contribution >= 0.6 is 11.3 Å². The maximum Gasteiger partial charge on any atom is 0.243 e. The summed E-state index contributed by atoms with van der Waals surface area (Å²) >= 11 is 1.57. The van der Waals surface area contributed by atoms with Crippen molar-refractivity contribution in [1.29, 1.82) is 0 Å². The van der Waals surface area contributed by atoms with Crippen LogP contribution in [-0.4, -0.2) is 19.8 Å². The van der Waals surface area contributed by atoms with Gasteiger partial charge in [0.1, 0.15) is 0 Å². The highest BCUT2D eigenvalue weighted by Crippen LogP contribution is 2.24. The molecule has 0 radical (unpaired) electrons. The van der Waals surface area contributed by atoms with Gasteiger partial charge in [0.05, 0.1) is 4.90 Å². The summed E-state index contributed by atoms with van der Waals surface area (Å²) in [6.07, 6.45) is 0. The lowest BCUT2D eigenvalue weighted by Crippen LogP contribution is -2.27. The number of aryl methyl sites for hydroxylation is 2. The zero-order chi connectivity index (χ0) is 14.9. The topological polar surface area (TPSA) is 63.4 Å². The summed E-state index contributed by atoms with van der Waals surface area (Å²) < 4.78 is 26.6. The third kappa shape index (κ3) is 2.87. The number of hydrogen-bond acceptors (Lipinski definition) is 4. The van der Waals surface area contributed by atoms with Crippen LogP contribution in [-0.2, 0) is 16.6 Å². The maximum atomic E-state index is 12.6. The van der Waals surface area contributed by atoms with Crippen LogP contribution in [0.25, 0.3) is 0 Å². The van der Waals surface area contributed by atoms with E-state index >= 15 is 0 Å². The summed E-state index contributed by atoms with van der Waals surface area (Å²) in [6.45, 7) is 4.13. The Morgan fingerprint density at radius 3 is 2.45 bits per heavy atom. The normalized spacial score (nSPS) is 12.0. The Morgan fingerprint density at radius 2 is 1.90 bits per heavy atom. The lowest BCUT2D eigenvalue weighted by molar-refractivity contribution is 0.468. The molecule has 0 unspecified atom stereocenters. The van der Waals surface area contributed by atoms with Gasteiger partial charge in [0, 0.05) is 24.2 Å². The van der Waals surface area contributed by atoms with E-state index in [1.807, 2.05) is 18.4 Å². The number of rotatable bonds is 4. The highest BCUT2D eigenvalue weighted by molar-refractivity contribution is 7.89. The average Bonchev–Trinajstić information content (AvgIpc) is 2.74. The molecule has 2 N–H and O–H groups in total. The van der Waals surface area contributed by atoms with Crippen LogP contribution in [0.3, 0.4) is 0 Å². The number of hydrogen-bond donors (Lipinski definition) is 1. The van der Waals surface area contributed by atoms with Crippen molar-refractivity contribution >= 4 is 27.0 Å². The van der Waals surface area contributed by atoms with Crippen molar-refractivity contribution in [3.63, 3.8) is 0 Å². The molecule has 1 aromatic heterocycles. The van der Waals surface area contributed by atoms with E-state index in [0.717, 1.165) is 10.4 Å². The number of nitrogens with zero attached hydrogens (tertiary/aromatic N) is 1. The Kier molecular flexibility index (Phi) is 4.17. The van der Waals surface area contributed by atoms with Gasteiger partial charge in [-0.15, -0.1) is 11.3 Å². The van der Waals surface area contributed by atoms with Gasteiger partial charge in [-0.05, 0) is 54.6 Å². The average molecular weight is 310 g/mol. The van der Waals surface area contributed by atoms with E-state index in [4.69, 9.17) is 5.73 Å². The summed E-state index contributed by atoms with van der Waals surface area (Å²) in [5, 5.41) is 1.97. The number of sulfonamides is 1. The van der Waals surface area contributed by atoms with Gasteiger partial charge in [-0.25, -0.2) is 8.42 Å². The van der Waals surface area contributed by atoms with Crippen molar-refractivity contribution in [2.45, 2.75) is 25.3 Å². The van der Waals surface area contributed by atoms with Gasteiger partial charge in [-0.1, -0.05) is 0 Å². The van der Waals surface area contributed by atoms with Gasteiger partial charge in [-0.3, -0.25) is 0 Å². The van der Waals surface area contributed by atoms with E-state index < -0.39 is 10.0 Å². The smallest absolute Gasteiger partial charge is 0.243 e. The number of nitrogens with two attached hydrogens (primary N) is 1. The van der Waals surface area contributed by atoms with Crippen LogP contribution < -0.4 is 5.73 Å². The molecule has 0 aliphatic rings. The molecule has 2 rings (SSSR count). The van der Waals surface area contributed by atoms with Crippen LogP contribution in [0.15, 0.2) is 34.5 Å². The summed E-state index contributed by atoms with van der Waals surface area (Å²) in [4.78, 5) is 1.37. The molecule has 0 fully saturated rings. The van der Waals surface area contributed by atoms with Crippen LogP contribution in [0.5, 0.6) is 0 Å². The second kappa shape index (κ2) is 5.55. The largest absolute Gasteiger partial charge is 0.399 e. The molecule has 2 aromatic rings. The number of nitrogen functional groups attached to an aromatic ring is 1. The third-order valence-corrected chi connectivity index (χ3v) is 6.19. The molecule has 0 aliphatic carbocycles. The van der Waals surface area contributed by atoms with E-state index in [2.05, 4.69) is 0 Å². The van der Waals surface area contributed by atoms with Crippen molar-refractivity contribution < 1.29 is 8.42 Å². The van der Waals surface area contributed by atoms with Gasteiger partial charge in [0.2, 0.25) is 10.0 Å². The minimum atomic E-state index is -3.49. The predicted octanol–water partition coefficient (Wildman–Crippen LogP) is 2.77. The molecule has 1 aromatic carbocycles. The fourth-order valence-electron chi connectivity index (χ4n) is 1.98. The monoisotopic (exact) mass is 310 g/mol. The van der Waals surface area contributed by atoms with E-state index in [0.29, 0.717) is 22.7 Å².